The van der Waals surface area contributed by atoms with E-state index in [-0.39, 0.29) is 22.6 Å². The second kappa shape index (κ2) is 10.3. The Hall–Kier alpha value is -3.40. The van der Waals surface area contributed by atoms with Crippen molar-refractivity contribution < 1.29 is 23.8 Å². The molecule has 2 heterocycles. The third-order valence-electron chi connectivity index (χ3n) is 5.43. The molecule has 0 aliphatic carbocycles. The van der Waals surface area contributed by atoms with Crippen LogP contribution in [0.2, 0.25) is 10.0 Å². The fourth-order valence-electron chi connectivity index (χ4n) is 3.86. The Morgan fingerprint density at radius 3 is 2.50 bits per heavy atom. The number of carbonyl (C=O) groups excluding carboxylic acids is 2. The molecule has 1 aromatic heterocycles. The fourth-order valence-corrected chi connectivity index (χ4v) is 5.36. The van der Waals surface area contributed by atoms with Crippen LogP contribution in [0.15, 0.2) is 57.5 Å². The van der Waals surface area contributed by atoms with E-state index in [0.717, 1.165) is 11.3 Å². The third-order valence-corrected chi connectivity index (χ3v) is 6.98. The molecule has 1 aliphatic rings. The van der Waals surface area contributed by atoms with Crippen molar-refractivity contribution in [1.29, 1.82) is 0 Å². The summed E-state index contributed by atoms with van der Waals surface area (Å²) in [5, 5.41) is 0.866. The van der Waals surface area contributed by atoms with Crippen LogP contribution in [0.25, 0.3) is 6.08 Å². The molecule has 8 nitrogen and oxygen atoms in total. The van der Waals surface area contributed by atoms with Gasteiger partial charge in [0.2, 0.25) is 0 Å². The summed E-state index contributed by atoms with van der Waals surface area (Å²) in [7, 11) is 2.69. The number of allylic oxidation sites excluding steroid dienone is 1. The van der Waals surface area contributed by atoms with Crippen LogP contribution < -0.4 is 24.4 Å². The van der Waals surface area contributed by atoms with Crippen LogP contribution >= 0.6 is 34.5 Å². The normalized spacial score (nSPS) is 15.3. The molecule has 3 aromatic rings. The SMILES string of the molecule is COC(=O)C1=C(C)N=c2s/c(=C/c3ccc(Cl)cc3Cl)c(=O)n2[C@@H]1c1ccc(OC(C)=O)c(OC)c1. The zero-order chi connectivity index (χ0) is 26.1. The fraction of sp³-hybridized carbons (Fsp3) is 0.200. The summed E-state index contributed by atoms with van der Waals surface area (Å²) < 4.78 is 17.4. The van der Waals surface area contributed by atoms with Gasteiger partial charge < -0.3 is 14.2 Å². The van der Waals surface area contributed by atoms with Crippen LogP contribution in [0.1, 0.15) is 31.0 Å². The van der Waals surface area contributed by atoms with E-state index in [9.17, 15) is 14.4 Å². The summed E-state index contributed by atoms with van der Waals surface area (Å²) >= 11 is 13.5. The monoisotopic (exact) mass is 546 g/mol. The minimum absolute atomic E-state index is 0.197. The average Bonchev–Trinajstić information content (AvgIpc) is 3.13. The van der Waals surface area contributed by atoms with Gasteiger partial charge in [0.15, 0.2) is 16.3 Å². The predicted octanol–water partition coefficient (Wildman–Crippen LogP) is 3.65. The number of thiazole rings is 1. The Kier molecular flexibility index (Phi) is 7.35. The van der Waals surface area contributed by atoms with Gasteiger partial charge in [0.1, 0.15) is 0 Å². The molecule has 0 saturated heterocycles. The summed E-state index contributed by atoms with van der Waals surface area (Å²) in [6, 6.07) is 8.92. The summed E-state index contributed by atoms with van der Waals surface area (Å²) in [4.78, 5) is 42.9. The van der Waals surface area contributed by atoms with Gasteiger partial charge in [0.25, 0.3) is 5.56 Å². The lowest BCUT2D eigenvalue weighted by Crippen LogP contribution is -2.39. The summed E-state index contributed by atoms with van der Waals surface area (Å²) in [6.45, 7) is 2.95. The number of aromatic nitrogens is 1. The highest BCUT2D eigenvalue weighted by Gasteiger charge is 2.33. The lowest BCUT2D eigenvalue weighted by Gasteiger charge is -2.25. The number of ether oxygens (including phenoxy) is 3. The number of benzene rings is 2. The molecule has 1 atom stereocenters. The number of rotatable bonds is 5. The number of carbonyl (C=O) groups is 2. The molecule has 1 aliphatic heterocycles. The molecular formula is C25H20Cl2N2O6S. The van der Waals surface area contributed by atoms with E-state index in [4.69, 9.17) is 37.4 Å². The molecule has 0 fully saturated rings. The van der Waals surface area contributed by atoms with Crippen molar-refractivity contribution in [3.8, 4) is 11.5 Å². The van der Waals surface area contributed by atoms with Crippen LogP contribution in [-0.2, 0) is 14.3 Å². The molecule has 0 radical (unpaired) electrons. The first kappa shape index (κ1) is 25.7. The second-order valence-electron chi connectivity index (χ2n) is 7.74. The maximum atomic E-state index is 13.6. The minimum atomic E-state index is -0.864. The smallest absolute Gasteiger partial charge is 0.338 e. The summed E-state index contributed by atoms with van der Waals surface area (Å²) in [5.74, 6) is -0.671. The molecule has 186 valence electrons. The molecule has 0 unspecified atom stereocenters. The molecule has 11 heteroatoms. The van der Waals surface area contributed by atoms with Gasteiger partial charge in [0, 0.05) is 17.0 Å². The van der Waals surface area contributed by atoms with Crippen molar-refractivity contribution in [1.82, 2.24) is 4.57 Å². The van der Waals surface area contributed by atoms with Crippen molar-refractivity contribution >= 4 is 52.6 Å². The van der Waals surface area contributed by atoms with Crippen molar-refractivity contribution in [3.05, 3.63) is 88.5 Å². The van der Waals surface area contributed by atoms with Gasteiger partial charge in [-0.2, -0.15) is 0 Å². The molecular weight excluding hydrogens is 527 g/mol. The number of methoxy groups -OCH3 is 2. The van der Waals surface area contributed by atoms with Gasteiger partial charge in [-0.05, 0) is 48.4 Å². The highest BCUT2D eigenvalue weighted by molar-refractivity contribution is 7.07. The van der Waals surface area contributed by atoms with E-state index in [0.29, 0.717) is 36.2 Å². The standard InChI is InChI=1S/C25H20Cl2N2O6S/c1-12-21(24(32)34-4)22(15-6-8-18(35-13(2)30)19(9-15)33-3)29-23(31)20(36-25(29)28-12)10-14-5-7-16(26)11-17(14)27/h5-11,22H,1-4H3/b20-10+/t22-/m1/s1. The predicted molar refractivity (Wildman–Crippen MR) is 137 cm³/mol. The number of hydrogen-bond donors (Lipinski definition) is 0. The van der Waals surface area contributed by atoms with Crippen LogP contribution in [0.3, 0.4) is 0 Å². The first-order chi connectivity index (χ1) is 17.1. The number of halogens is 2. The molecule has 4 rings (SSSR count). The zero-order valence-corrected chi connectivity index (χ0v) is 22.0. The maximum absolute atomic E-state index is 13.6. The van der Waals surface area contributed by atoms with Gasteiger partial charge in [0.05, 0.1) is 36.1 Å². The average molecular weight is 547 g/mol. The van der Waals surface area contributed by atoms with E-state index in [2.05, 4.69) is 4.99 Å². The van der Waals surface area contributed by atoms with Crippen LogP contribution in [-0.4, -0.2) is 30.7 Å². The number of fused-ring (bicyclic) bond motifs is 1. The van der Waals surface area contributed by atoms with E-state index in [1.165, 1.54) is 25.7 Å². The number of nitrogens with zero attached hydrogens (tertiary/aromatic N) is 2. The largest absolute Gasteiger partial charge is 0.493 e. The molecule has 36 heavy (non-hydrogen) atoms. The van der Waals surface area contributed by atoms with Crippen molar-refractivity contribution in [3.63, 3.8) is 0 Å². The summed E-state index contributed by atoms with van der Waals surface area (Å²) in [5.41, 5.74) is 1.39. The number of esters is 2. The van der Waals surface area contributed by atoms with Crippen molar-refractivity contribution in [2.45, 2.75) is 19.9 Å². The van der Waals surface area contributed by atoms with Crippen LogP contribution in [0.4, 0.5) is 0 Å². The second-order valence-corrected chi connectivity index (χ2v) is 9.60. The van der Waals surface area contributed by atoms with Gasteiger partial charge in [-0.1, -0.05) is 46.7 Å². The Bertz CT molecular complexity index is 1610. The van der Waals surface area contributed by atoms with Crippen molar-refractivity contribution in [2.75, 3.05) is 14.2 Å². The highest BCUT2D eigenvalue weighted by atomic mass is 35.5. The van der Waals surface area contributed by atoms with E-state index in [1.54, 1.807) is 49.4 Å². The van der Waals surface area contributed by atoms with Gasteiger partial charge >= 0.3 is 11.9 Å². The van der Waals surface area contributed by atoms with Gasteiger partial charge in [-0.25, -0.2) is 9.79 Å². The highest BCUT2D eigenvalue weighted by Crippen LogP contribution is 2.36. The molecule has 2 aromatic carbocycles. The van der Waals surface area contributed by atoms with Gasteiger partial charge in [-0.3, -0.25) is 14.2 Å². The van der Waals surface area contributed by atoms with E-state index < -0.39 is 18.0 Å². The van der Waals surface area contributed by atoms with Crippen molar-refractivity contribution in [2.24, 2.45) is 4.99 Å². The molecule has 0 amide bonds. The van der Waals surface area contributed by atoms with Gasteiger partial charge in [-0.15, -0.1) is 0 Å². The molecule has 0 saturated carbocycles. The summed E-state index contributed by atoms with van der Waals surface area (Å²) in [6.07, 6.45) is 1.65. The number of hydrogen-bond acceptors (Lipinski definition) is 8. The molecule has 0 spiro atoms. The Morgan fingerprint density at radius 2 is 1.86 bits per heavy atom. The zero-order valence-electron chi connectivity index (χ0n) is 19.6. The Morgan fingerprint density at radius 1 is 1.11 bits per heavy atom. The lowest BCUT2D eigenvalue weighted by atomic mass is 9.95. The van der Waals surface area contributed by atoms with E-state index in [1.807, 2.05) is 0 Å². The lowest BCUT2D eigenvalue weighted by molar-refractivity contribution is -0.136. The topological polar surface area (TPSA) is 96.2 Å². The minimum Gasteiger partial charge on any atom is -0.493 e. The Labute approximate surface area is 219 Å². The Balaban J connectivity index is 1.96. The maximum Gasteiger partial charge on any atom is 0.338 e. The molecule has 0 N–H and O–H groups in total. The first-order valence-corrected chi connectivity index (χ1v) is 12.1. The van der Waals surface area contributed by atoms with E-state index >= 15 is 0 Å². The molecule has 0 bridgehead atoms. The van der Waals surface area contributed by atoms with Crippen LogP contribution in [0, 0.1) is 0 Å². The quantitative estimate of drug-likeness (QED) is 0.358. The first-order valence-electron chi connectivity index (χ1n) is 10.6. The third kappa shape index (κ3) is 4.82. The van der Waals surface area contributed by atoms with Crippen LogP contribution in [0.5, 0.6) is 11.5 Å².